The fourth-order valence-electron chi connectivity index (χ4n) is 1.66. The Morgan fingerprint density at radius 2 is 2.12 bits per heavy atom. The van der Waals surface area contributed by atoms with Gasteiger partial charge in [-0.05, 0) is 31.2 Å². The van der Waals surface area contributed by atoms with E-state index in [9.17, 15) is 0 Å². The molecule has 0 amide bonds. The minimum Gasteiger partial charge on any atom is -0.494 e. The van der Waals surface area contributed by atoms with Crippen molar-refractivity contribution in [3.63, 3.8) is 0 Å². The summed E-state index contributed by atoms with van der Waals surface area (Å²) in [5, 5.41) is 12.3. The molecule has 1 aromatic carbocycles. The van der Waals surface area contributed by atoms with Crippen molar-refractivity contribution in [3.8, 4) is 11.8 Å². The summed E-state index contributed by atoms with van der Waals surface area (Å²) in [7, 11) is 0. The molecule has 90 valence electrons. The smallest absolute Gasteiger partial charge is 0.121 e. The lowest BCUT2D eigenvalue weighted by atomic mass is 9.88. The molecule has 1 fully saturated rings. The van der Waals surface area contributed by atoms with E-state index in [1.807, 2.05) is 31.2 Å². The van der Waals surface area contributed by atoms with Crippen molar-refractivity contribution in [1.29, 1.82) is 5.26 Å². The Bertz CT molecular complexity index is 404. The maximum atomic E-state index is 9.04. The van der Waals surface area contributed by atoms with E-state index >= 15 is 0 Å². The molecule has 0 radical (unpaired) electrons. The third-order valence-electron chi connectivity index (χ3n) is 2.79. The maximum absolute atomic E-state index is 9.04. The number of benzene rings is 1. The van der Waals surface area contributed by atoms with Crippen LogP contribution in [0.4, 0.5) is 5.69 Å². The van der Waals surface area contributed by atoms with Gasteiger partial charge in [-0.3, -0.25) is 0 Å². The highest BCUT2D eigenvalue weighted by Crippen LogP contribution is 2.27. The molecule has 1 aromatic rings. The summed E-state index contributed by atoms with van der Waals surface area (Å²) >= 11 is 0. The SMILES string of the molecule is CCOc1ccc(NCC2(C#N)COC2)cc1. The third-order valence-corrected chi connectivity index (χ3v) is 2.79. The number of nitrogens with zero attached hydrogens (tertiary/aromatic N) is 1. The van der Waals surface area contributed by atoms with Gasteiger partial charge in [-0.1, -0.05) is 0 Å². The normalized spacial score (nSPS) is 16.7. The molecule has 1 saturated heterocycles. The third kappa shape index (κ3) is 2.69. The molecule has 1 aliphatic heterocycles. The first kappa shape index (κ1) is 11.7. The lowest BCUT2D eigenvalue weighted by Crippen LogP contribution is -2.46. The van der Waals surface area contributed by atoms with Gasteiger partial charge >= 0.3 is 0 Å². The summed E-state index contributed by atoms with van der Waals surface area (Å²) in [5.74, 6) is 0.861. The van der Waals surface area contributed by atoms with Crippen LogP contribution in [0.5, 0.6) is 5.75 Å². The topological polar surface area (TPSA) is 54.3 Å². The molecule has 0 spiro atoms. The van der Waals surface area contributed by atoms with E-state index in [4.69, 9.17) is 14.7 Å². The molecule has 17 heavy (non-hydrogen) atoms. The number of hydrogen-bond donors (Lipinski definition) is 1. The van der Waals surface area contributed by atoms with E-state index < -0.39 is 0 Å². The second-order valence-electron chi connectivity index (χ2n) is 4.20. The Hall–Kier alpha value is -1.73. The number of ether oxygens (including phenoxy) is 2. The van der Waals surface area contributed by atoms with Crippen LogP contribution in [-0.4, -0.2) is 26.4 Å². The van der Waals surface area contributed by atoms with Crippen LogP contribution >= 0.6 is 0 Å². The molecule has 0 aromatic heterocycles. The molecule has 0 unspecified atom stereocenters. The summed E-state index contributed by atoms with van der Waals surface area (Å²) in [6.07, 6.45) is 0. The Morgan fingerprint density at radius 3 is 2.59 bits per heavy atom. The fourth-order valence-corrected chi connectivity index (χ4v) is 1.66. The van der Waals surface area contributed by atoms with E-state index in [1.54, 1.807) is 0 Å². The fraction of sp³-hybridized carbons (Fsp3) is 0.462. The molecule has 1 N–H and O–H groups in total. The first-order valence-electron chi connectivity index (χ1n) is 5.74. The number of nitriles is 1. The number of nitrogens with one attached hydrogen (secondary N) is 1. The number of rotatable bonds is 5. The average Bonchev–Trinajstić information content (AvgIpc) is 2.31. The van der Waals surface area contributed by atoms with E-state index in [-0.39, 0.29) is 5.41 Å². The van der Waals surface area contributed by atoms with Crippen molar-refractivity contribution in [2.75, 3.05) is 31.7 Å². The Morgan fingerprint density at radius 1 is 1.41 bits per heavy atom. The van der Waals surface area contributed by atoms with Gasteiger partial charge in [0.2, 0.25) is 0 Å². The van der Waals surface area contributed by atoms with Gasteiger partial charge in [0.15, 0.2) is 0 Å². The molecule has 1 aliphatic rings. The molecule has 4 nitrogen and oxygen atoms in total. The Labute approximate surface area is 101 Å². The number of hydrogen-bond acceptors (Lipinski definition) is 4. The summed E-state index contributed by atoms with van der Waals surface area (Å²) in [6.45, 7) is 4.29. The van der Waals surface area contributed by atoms with Crippen LogP contribution in [0.3, 0.4) is 0 Å². The molecule has 0 bridgehead atoms. The lowest BCUT2D eigenvalue weighted by molar-refractivity contribution is -0.0690. The monoisotopic (exact) mass is 232 g/mol. The zero-order valence-electron chi connectivity index (χ0n) is 9.90. The van der Waals surface area contributed by atoms with Crippen molar-refractivity contribution in [3.05, 3.63) is 24.3 Å². The maximum Gasteiger partial charge on any atom is 0.121 e. The second-order valence-corrected chi connectivity index (χ2v) is 4.20. The highest BCUT2D eigenvalue weighted by Gasteiger charge is 2.38. The Kier molecular flexibility index (Phi) is 3.50. The zero-order valence-corrected chi connectivity index (χ0v) is 9.90. The summed E-state index contributed by atoms with van der Waals surface area (Å²) in [6, 6.07) is 10.1. The van der Waals surface area contributed by atoms with Crippen molar-refractivity contribution >= 4 is 5.69 Å². The van der Waals surface area contributed by atoms with Crippen molar-refractivity contribution in [2.24, 2.45) is 5.41 Å². The quantitative estimate of drug-likeness (QED) is 0.844. The minimum atomic E-state index is -0.349. The van der Waals surface area contributed by atoms with Crippen LogP contribution in [0.15, 0.2) is 24.3 Å². The van der Waals surface area contributed by atoms with Crippen molar-refractivity contribution < 1.29 is 9.47 Å². The molecular formula is C13H16N2O2. The number of anilines is 1. The first-order chi connectivity index (χ1) is 8.28. The summed E-state index contributed by atoms with van der Waals surface area (Å²) < 4.78 is 10.4. The van der Waals surface area contributed by atoms with Gasteiger partial charge in [-0.25, -0.2) is 0 Å². The molecule has 0 aliphatic carbocycles. The summed E-state index contributed by atoms with van der Waals surface area (Å²) in [5.41, 5.74) is 0.647. The van der Waals surface area contributed by atoms with Gasteiger partial charge in [-0.15, -0.1) is 0 Å². The van der Waals surface area contributed by atoms with Gasteiger partial charge in [-0.2, -0.15) is 5.26 Å². The van der Waals surface area contributed by atoms with Gasteiger partial charge in [0.05, 0.1) is 25.9 Å². The molecule has 1 heterocycles. The molecule has 0 atom stereocenters. The predicted molar refractivity (Wildman–Crippen MR) is 65.0 cm³/mol. The zero-order chi connectivity index (χ0) is 12.1. The molecule has 0 saturated carbocycles. The second kappa shape index (κ2) is 5.07. The molecular weight excluding hydrogens is 216 g/mol. The molecule has 2 rings (SSSR count). The largest absolute Gasteiger partial charge is 0.494 e. The van der Waals surface area contributed by atoms with E-state index in [1.165, 1.54) is 0 Å². The minimum absolute atomic E-state index is 0.349. The summed E-state index contributed by atoms with van der Waals surface area (Å²) in [4.78, 5) is 0. The highest BCUT2D eigenvalue weighted by atomic mass is 16.5. The van der Waals surface area contributed by atoms with Crippen LogP contribution < -0.4 is 10.1 Å². The highest BCUT2D eigenvalue weighted by molar-refractivity contribution is 5.46. The van der Waals surface area contributed by atoms with Crippen LogP contribution in [-0.2, 0) is 4.74 Å². The van der Waals surface area contributed by atoms with Gasteiger partial charge in [0.1, 0.15) is 11.2 Å². The van der Waals surface area contributed by atoms with E-state index in [2.05, 4.69) is 11.4 Å². The average molecular weight is 232 g/mol. The van der Waals surface area contributed by atoms with Gasteiger partial charge in [0.25, 0.3) is 0 Å². The Balaban J connectivity index is 1.89. The van der Waals surface area contributed by atoms with E-state index in [0.717, 1.165) is 11.4 Å². The van der Waals surface area contributed by atoms with Gasteiger partial charge in [0, 0.05) is 12.2 Å². The van der Waals surface area contributed by atoms with Crippen molar-refractivity contribution in [2.45, 2.75) is 6.92 Å². The van der Waals surface area contributed by atoms with Gasteiger partial charge < -0.3 is 14.8 Å². The first-order valence-corrected chi connectivity index (χ1v) is 5.74. The van der Waals surface area contributed by atoms with Crippen LogP contribution in [0.2, 0.25) is 0 Å². The van der Waals surface area contributed by atoms with Crippen molar-refractivity contribution in [1.82, 2.24) is 0 Å². The van der Waals surface area contributed by atoms with Crippen LogP contribution in [0, 0.1) is 16.7 Å². The lowest BCUT2D eigenvalue weighted by Gasteiger charge is -2.35. The van der Waals surface area contributed by atoms with E-state index in [0.29, 0.717) is 26.4 Å². The van der Waals surface area contributed by atoms with Crippen LogP contribution in [0.25, 0.3) is 0 Å². The standard InChI is InChI=1S/C13H16N2O2/c1-2-17-12-5-3-11(4-6-12)15-8-13(7-14)9-16-10-13/h3-6,15H,2,8-10H2,1H3. The van der Waals surface area contributed by atoms with Crippen LogP contribution in [0.1, 0.15) is 6.92 Å². The predicted octanol–water partition coefficient (Wildman–Crippen LogP) is 2.04. The molecule has 4 heteroatoms.